The summed E-state index contributed by atoms with van der Waals surface area (Å²) in [5.41, 5.74) is 0.626. The molecule has 140 valence electrons. The van der Waals surface area contributed by atoms with Gasteiger partial charge in [0.1, 0.15) is 22.8 Å². The van der Waals surface area contributed by atoms with Crippen LogP contribution in [0.25, 0.3) is 22.3 Å². The van der Waals surface area contributed by atoms with Gasteiger partial charge in [0.25, 0.3) is 0 Å². The first-order valence-corrected chi connectivity index (χ1v) is 7.66. The number of carbonyl (C=O) groups excluding carboxylic acids is 1. The second kappa shape index (κ2) is 7.45. The Bertz CT molecular complexity index is 942. The van der Waals surface area contributed by atoms with Crippen molar-refractivity contribution in [2.45, 2.75) is 6.36 Å². The zero-order valence-corrected chi connectivity index (χ0v) is 13.8. The number of benzene rings is 2. The lowest BCUT2D eigenvalue weighted by molar-refractivity contribution is -0.274. The van der Waals surface area contributed by atoms with Gasteiger partial charge in [-0.2, -0.15) is 0 Å². The van der Waals surface area contributed by atoms with Gasteiger partial charge in [-0.25, -0.2) is 4.79 Å². The number of esters is 1. The van der Waals surface area contributed by atoms with Gasteiger partial charge in [-0.3, -0.25) is 0 Å². The van der Waals surface area contributed by atoms with Crippen molar-refractivity contribution in [1.82, 2.24) is 0 Å². The molecule has 0 unspecified atom stereocenters. The number of alkyl halides is 3. The molecule has 0 saturated carbocycles. The second-order valence-corrected chi connectivity index (χ2v) is 5.28. The van der Waals surface area contributed by atoms with Crippen LogP contribution in [0.15, 0.2) is 65.6 Å². The molecule has 0 aliphatic heterocycles. The Morgan fingerprint density at radius 1 is 1.15 bits per heavy atom. The first-order chi connectivity index (χ1) is 12.9. The molecular formula is C19H13F3O5. The highest BCUT2D eigenvalue weighted by Crippen LogP contribution is 2.38. The summed E-state index contributed by atoms with van der Waals surface area (Å²) in [5.74, 6) is -0.999. The Balaban J connectivity index is 1.92. The maximum absolute atomic E-state index is 12.8. The Morgan fingerprint density at radius 2 is 1.93 bits per heavy atom. The highest BCUT2D eigenvalue weighted by Gasteiger charge is 2.33. The average molecular weight is 378 g/mol. The molecule has 0 amide bonds. The molecule has 27 heavy (non-hydrogen) atoms. The molecule has 0 fully saturated rings. The van der Waals surface area contributed by atoms with E-state index in [4.69, 9.17) is 9.15 Å². The monoisotopic (exact) mass is 378 g/mol. The van der Waals surface area contributed by atoms with Crippen molar-refractivity contribution in [3.8, 4) is 22.8 Å². The highest BCUT2D eigenvalue weighted by atomic mass is 19.4. The van der Waals surface area contributed by atoms with Gasteiger partial charge in [-0.1, -0.05) is 24.8 Å². The predicted octanol–water partition coefficient (Wildman–Crippen LogP) is 5.06. The van der Waals surface area contributed by atoms with Crippen molar-refractivity contribution in [2.75, 3.05) is 6.79 Å². The van der Waals surface area contributed by atoms with Gasteiger partial charge in [0.15, 0.2) is 0 Å². The van der Waals surface area contributed by atoms with Gasteiger partial charge in [0.2, 0.25) is 6.79 Å². The van der Waals surface area contributed by atoms with Crippen molar-refractivity contribution >= 4 is 16.9 Å². The van der Waals surface area contributed by atoms with E-state index in [-0.39, 0.29) is 17.1 Å². The fourth-order valence-electron chi connectivity index (χ4n) is 2.33. The summed E-state index contributed by atoms with van der Waals surface area (Å²) >= 11 is 0. The minimum Gasteiger partial charge on any atom is -0.457 e. The normalized spacial score (nSPS) is 11.2. The maximum atomic E-state index is 12.8. The highest BCUT2D eigenvalue weighted by molar-refractivity contribution is 5.84. The van der Waals surface area contributed by atoms with Crippen LogP contribution in [0.1, 0.15) is 0 Å². The van der Waals surface area contributed by atoms with Crippen LogP contribution in [0.5, 0.6) is 11.5 Å². The first kappa shape index (κ1) is 18.4. The van der Waals surface area contributed by atoms with Gasteiger partial charge in [0, 0.05) is 17.5 Å². The van der Waals surface area contributed by atoms with Crippen LogP contribution in [0.2, 0.25) is 0 Å². The molecular weight excluding hydrogens is 365 g/mol. The van der Waals surface area contributed by atoms with Crippen LogP contribution < -0.4 is 9.47 Å². The van der Waals surface area contributed by atoms with Gasteiger partial charge >= 0.3 is 12.3 Å². The minimum atomic E-state index is -4.91. The quantitative estimate of drug-likeness (QED) is 0.341. The van der Waals surface area contributed by atoms with E-state index in [9.17, 15) is 18.0 Å². The van der Waals surface area contributed by atoms with E-state index in [1.807, 2.05) is 0 Å². The summed E-state index contributed by atoms with van der Waals surface area (Å²) in [6.45, 7) is 2.73. The number of ether oxygens (including phenoxy) is 3. The lowest BCUT2D eigenvalue weighted by atomic mass is 10.1. The Labute approximate surface area is 151 Å². The van der Waals surface area contributed by atoms with Crippen molar-refractivity contribution in [3.63, 3.8) is 0 Å². The molecule has 3 aromatic rings. The minimum absolute atomic E-state index is 0.0194. The largest absolute Gasteiger partial charge is 0.573 e. The Morgan fingerprint density at radius 3 is 2.63 bits per heavy atom. The van der Waals surface area contributed by atoms with E-state index in [0.29, 0.717) is 5.58 Å². The van der Waals surface area contributed by atoms with E-state index in [1.165, 1.54) is 12.1 Å². The van der Waals surface area contributed by atoms with Gasteiger partial charge in [-0.15, -0.1) is 13.2 Å². The summed E-state index contributed by atoms with van der Waals surface area (Å²) < 4.78 is 57.9. The fraction of sp³-hybridized carbons (Fsp3) is 0.105. The lowest BCUT2D eigenvalue weighted by Gasteiger charge is -2.14. The maximum Gasteiger partial charge on any atom is 0.573 e. The molecule has 1 aromatic heterocycles. The summed E-state index contributed by atoms with van der Waals surface area (Å²) in [7, 11) is 0. The third kappa shape index (κ3) is 4.60. The number of furan rings is 1. The van der Waals surface area contributed by atoms with Crippen molar-refractivity contribution in [2.24, 2.45) is 0 Å². The van der Waals surface area contributed by atoms with Crippen LogP contribution in [0.4, 0.5) is 13.2 Å². The van der Waals surface area contributed by atoms with E-state index in [2.05, 4.69) is 16.1 Å². The molecule has 0 atom stereocenters. The number of hydrogen-bond acceptors (Lipinski definition) is 5. The SMILES string of the molecule is C=CC(=O)OCOc1ccc(-c2cc3ccccc3o2)c(OC(F)(F)F)c1. The number of halogens is 3. The summed E-state index contributed by atoms with van der Waals surface area (Å²) in [6.07, 6.45) is -3.97. The fourth-order valence-corrected chi connectivity index (χ4v) is 2.33. The van der Waals surface area contributed by atoms with Gasteiger partial charge in [0.05, 0.1) is 5.56 Å². The van der Waals surface area contributed by atoms with Crippen LogP contribution in [0, 0.1) is 0 Å². The molecule has 1 heterocycles. The molecule has 0 radical (unpaired) electrons. The second-order valence-electron chi connectivity index (χ2n) is 5.28. The van der Waals surface area contributed by atoms with Crippen LogP contribution in [-0.4, -0.2) is 19.1 Å². The third-order valence-electron chi connectivity index (χ3n) is 3.46. The molecule has 3 rings (SSSR count). The zero-order chi connectivity index (χ0) is 19.4. The third-order valence-corrected chi connectivity index (χ3v) is 3.46. The smallest absolute Gasteiger partial charge is 0.457 e. The number of rotatable bonds is 6. The van der Waals surface area contributed by atoms with Gasteiger partial charge < -0.3 is 18.6 Å². The zero-order valence-electron chi connectivity index (χ0n) is 13.8. The number of para-hydroxylation sites is 1. The summed E-state index contributed by atoms with van der Waals surface area (Å²) in [5, 5.41) is 0.738. The predicted molar refractivity (Wildman–Crippen MR) is 90.1 cm³/mol. The molecule has 0 saturated heterocycles. The van der Waals surface area contributed by atoms with Gasteiger partial charge in [-0.05, 0) is 24.3 Å². The van der Waals surface area contributed by atoms with E-state index in [0.717, 1.165) is 17.5 Å². The van der Waals surface area contributed by atoms with E-state index < -0.39 is 24.9 Å². The topological polar surface area (TPSA) is 57.9 Å². The summed E-state index contributed by atoms with van der Waals surface area (Å²) in [6, 6.07) is 12.4. The van der Waals surface area contributed by atoms with Crippen molar-refractivity contribution < 1.29 is 36.6 Å². The van der Waals surface area contributed by atoms with E-state index in [1.54, 1.807) is 30.3 Å². The van der Waals surface area contributed by atoms with Crippen molar-refractivity contribution in [1.29, 1.82) is 0 Å². The molecule has 0 aliphatic rings. The molecule has 2 aromatic carbocycles. The first-order valence-electron chi connectivity index (χ1n) is 7.66. The van der Waals surface area contributed by atoms with Crippen LogP contribution in [-0.2, 0) is 9.53 Å². The average Bonchev–Trinajstić information content (AvgIpc) is 3.04. The molecule has 8 heteroatoms. The summed E-state index contributed by atoms with van der Waals surface area (Å²) in [4.78, 5) is 11.0. The molecule has 5 nitrogen and oxygen atoms in total. The number of fused-ring (bicyclic) bond motifs is 1. The molecule has 0 aliphatic carbocycles. The van der Waals surface area contributed by atoms with Crippen LogP contribution in [0.3, 0.4) is 0 Å². The standard InChI is InChI=1S/C19H13F3O5/c1-2-18(23)25-11-24-13-7-8-14(17(10-13)27-19(20,21)22)16-9-12-5-3-4-6-15(12)26-16/h2-10H,1,11H2. The lowest BCUT2D eigenvalue weighted by Crippen LogP contribution is -2.17. The van der Waals surface area contributed by atoms with Crippen molar-refractivity contribution in [3.05, 3.63) is 61.2 Å². The van der Waals surface area contributed by atoms with Crippen LogP contribution >= 0.6 is 0 Å². The molecule has 0 N–H and O–H groups in total. The van der Waals surface area contributed by atoms with E-state index >= 15 is 0 Å². The number of carbonyl (C=O) groups is 1. The molecule has 0 spiro atoms. The Hall–Kier alpha value is -3.42. The Kier molecular flexibility index (Phi) is 5.07. The number of hydrogen-bond donors (Lipinski definition) is 0. The molecule has 0 bridgehead atoms.